The maximum Gasteiger partial charge on any atom is 0.334 e. The third-order valence-corrected chi connectivity index (χ3v) is 4.45. The van der Waals surface area contributed by atoms with E-state index in [1.54, 1.807) is 0 Å². The molecule has 0 aromatic carbocycles. The van der Waals surface area contributed by atoms with Gasteiger partial charge in [-0.3, -0.25) is 9.04 Å². The number of carbonyl (C=O) groups is 1. The second-order valence-corrected chi connectivity index (χ2v) is 6.96. The van der Waals surface area contributed by atoms with E-state index in [0.717, 1.165) is 32.0 Å². The first kappa shape index (κ1) is 20.1. The molecule has 0 heterocycles. The molecule has 0 aliphatic heterocycles. The van der Waals surface area contributed by atoms with Crippen molar-refractivity contribution in [1.82, 2.24) is 0 Å². The summed E-state index contributed by atoms with van der Waals surface area (Å²) in [6.07, 6.45) is 3.23. The van der Waals surface area contributed by atoms with Gasteiger partial charge in [0.2, 0.25) is 6.73 Å². The highest BCUT2D eigenvalue weighted by Gasteiger charge is 2.34. The second-order valence-electron chi connectivity index (χ2n) is 5.39. The fraction of sp³-hybridized carbons (Fsp3) is 0.786. The van der Waals surface area contributed by atoms with Gasteiger partial charge in [-0.2, -0.15) is 8.42 Å². The van der Waals surface area contributed by atoms with E-state index in [1.807, 2.05) is 20.8 Å². The van der Waals surface area contributed by atoms with Crippen LogP contribution in [0.15, 0.2) is 12.7 Å². The Morgan fingerprint density at radius 3 is 2.24 bits per heavy atom. The van der Waals surface area contributed by atoms with Gasteiger partial charge in [-0.25, -0.2) is 4.79 Å². The molecule has 0 aliphatic carbocycles. The second kappa shape index (κ2) is 9.17. The van der Waals surface area contributed by atoms with Crippen molar-refractivity contribution in [1.29, 1.82) is 0 Å². The molecule has 0 saturated heterocycles. The minimum absolute atomic E-state index is 0.0376. The minimum Gasteiger partial charge on any atom is -0.412 e. The molecule has 0 rings (SSSR count). The number of rotatable bonds is 11. The van der Waals surface area contributed by atoms with Gasteiger partial charge in [0.15, 0.2) is 0 Å². The predicted molar refractivity (Wildman–Crippen MR) is 82.2 cm³/mol. The van der Waals surface area contributed by atoms with Gasteiger partial charge < -0.3 is 4.74 Å². The Hall–Kier alpha value is -0.920. The number of esters is 1. The normalized spacial score (nSPS) is 13.7. The summed E-state index contributed by atoms with van der Waals surface area (Å²) in [4.78, 5) is 11.3. The first-order valence-electron chi connectivity index (χ1n) is 7.31. The lowest BCUT2D eigenvalue weighted by Gasteiger charge is -2.42. The Balaban J connectivity index is 5.04. The summed E-state index contributed by atoms with van der Waals surface area (Å²) in [5, 5.41) is 0. The largest absolute Gasteiger partial charge is 0.412 e. The van der Waals surface area contributed by atoms with E-state index in [4.69, 9.17) is 9.29 Å². The molecular weight excluding hydrogens is 294 g/mol. The van der Waals surface area contributed by atoms with Crippen LogP contribution < -0.4 is 0 Å². The van der Waals surface area contributed by atoms with Crippen molar-refractivity contribution in [3.63, 3.8) is 0 Å². The molecule has 1 unspecified atom stereocenters. The quantitative estimate of drug-likeness (QED) is 0.207. The van der Waals surface area contributed by atoms with E-state index in [2.05, 4.69) is 6.58 Å². The lowest BCUT2D eigenvalue weighted by molar-refractivity contribution is -0.964. The molecule has 0 aromatic rings. The molecule has 0 saturated carbocycles. The van der Waals surface area contributed by atoms with Crippen LogP contribution in [0.2, 0.25) is 0 Å². The standard InChI is InChI=1S/C14H27NO5S/c1-5-9-15(10-6-2,12-20-14(16)7-3)13(4)8-11-21(17,18)19/h7,13H,3,5-6,8-12H2,1-2,4H3/p+1. The van der Waals surface area contributed by atoms with Crippen LogP contribution in [0.1, 0.15) is 40.0 Å². The number of hydrogen-bond donors (Lipinski definition) is 1. The molecule has 1 N–H and O–H groups in total. The van der Waals surface area contributed by atoms with Crippen LogP contribution in [0.3, 0.4) is 0 Å². The van der Waals surface area contributed by atoms with Crippen molar-refractivity contribution in [3.05, 3.63) is 12.7 Å². The molecule has 6 nitrogen and oxygen atoms in total. The lowest BCUT2D eigenvalue weighted by Crippen LogP contribution is -2.57. The maximum absolute atomic E-state index is 11.3. The highest BCUT2D eigenvalue weighted by molar-refractivity contribution is 7.85. The fourth-order valence-corrected chi connectivity index (χ4v) is 3.18. The summed E-state index contributed by atoms with van der Waals surface area (Å²) >= 11 is 0. The van der Waals surface area contributed by atoms with E-state index in [0.29, 0.717) is 10.9 Å². The van der Waals surface area contributed by atoms with Crippen LogP contribution in [-0.2, 0) is 19.6 Å². The topological polar surface area (TPSA) is 80.7 Å². The molecule has 0 aromatic heterocycles. The minimum atomic E-state index is -3.98. The number of quaternary nitrogens is 1. The van der Waals surface area contributed by atoms with Gasteiger partial charge >= 0.3 is 5.97 Å². The first-order valence-corrected chi connectivity index (χ1v) is 8.91. The van der Waals surface area contributed by atoms with E-state index < -0.39 is 16.1 Å². The predicted octanol–water partition coefficient (Wildman–Crippen LogP) is 1.98. The molecule has 0 aliphatic rings. The highest BCUT2D eigenvalue weighted by Crippen LogP contribution is 2.20. The molecule has 0 radical (unpaired) electrons. The zero-order valence-electron chi connectivity index (χ0n) is 13.2. The van der Waals surface area contributed by atoms with Gasteiger partial charge in [-0.05, 0) is 19.8 Å². The van der Waals surface area contributed by atoms with Crippen molar-refractivity contribution in [2.24, 2.45) is 0 Å². The van der Waals surface area contributed by atoms with Gasteiger partial charge in [0.05, 0.1) is 24.9 Å². The number of carbonyl (C=O) groups excluding carboxylic acids is 1. The average Bonchev–Trinajstić information content (AvgIpc) is 2.41. The molecule has 7 heteroatoms. The summed E-state index contributed by atoms with van der Waals surface area (Å²) in [5.74, 6) is -0.761. The molecule has 0 amide bonds. The van der Waals surface area contributed by atoms with Crippen LogP contribution in [0.25, 0.3) is 0 Å². The summed E-state index contributed by atoms with van der Waals surface area (Å²) in [5.41, 5.74) is 0. The van der Waals surface area contributed by atoms with E-state index in [-0.39, 0.29) is 18.5 Å². The average molecular weight is 322 g/mol. The van der Waals surface area contributed by atoms with Crippen LogP contribution in [0.5, 0.6) is 0 Å². The molecule has 0 bridgehead atoms. The third kappa shape index (κ3) is 7.59. The number of nitrogens with zero attached hydrogens (tertiary/aromatic N) is 1. The van der Waals surface area contributed by atoms with Crippen LogP contribution in [0.4, 0.5) is 0 Å². The first-order chi connectivity index (χ1) is 9.70. The Morgan fingerprint density at radius 1 is 1.33 bits per heavy atom. The molecule has 0 fully saturated rings. The highest BCUT2D eigenvalue weighted by atomic mass is 32.2. The Kier molecular flexibility index (Phi) is 8.77. The number of hydrogen-bond acceptors (Lipinski definition) is 4. The molecule has 21 heavy (non-hydrogen) atoms. The van der Waals surface area contributed by atoms with Gasteiger partial charge in [0.25, 0.3) is 10.1 Å². The molecule has 1 atom stereocenters. The zero-order valence-corrected chi connectivity index (χ0v) is 14.1. The van der Waals surface area contributed by atoms with E-state index in [1.165, 1.54) is 0 Å². The zero-order chi connectivity index (χ0) is 16.5. The van der Waals surface area contributed by atoms with Crippen LogP contribution in [0, 0.1) is 0 Å². The SMILES string of the molecule is C=CC(=O)OC[N+](CCC)(CCC)C(C)CCS(=O)(=O)O. The molecular formula is C14H28NO5S+. The van der Waals surface area contributed by atoms with E-state index in [9.17, 15) is 13.2 Å². The lowest BCUT2D eigenvalue weighted by atomic mass is 10.1. The van der Waals surface area contributed by atoms with Gasteiger partial charge in [0.1, 0.15) is 0 Å². The van der Waals surface area contributed by atoms with E-state index >= 15 is 0 Å². The monoisotopic (exact) mass is 322 g/mol. The summed E-state index contributed by atoms with van der Waals surface area (Å²) < 4.78 is 36.5. The smallest absolute Gasteiger partial charge is 0.334 e. The number of ether oxygens (including phenoxy) is 1. The van der Waals surface area contributed by atoms with Gasteiger partial charge in [-0.1, -0.05) is 20.4 Å². The Morgan fingerprint density at radius 2 is 1.86 bits per heavy atom. The van der Waals surface area contributed by atoms with Crippen LogP contribution >= 0.6 is 0 Å². The summed E-state index contributed by atoms with van der Waals surface area (Å²) in [7, 11) is -3.98. The van der Waals surface area contributed by atoms with Crippen molar-refractivity contribution in [2.75, 3.05) is 25.6 Å². The Labute approximate surface area is 128 Å². The van der Waals surface area contributed by atoms with Crippen molar-refractivity contribution >= 4 is 16.1 Å². The molecule has 0 spiro atoms. The fourth-order valence-electron chi connectivity index (χ4n) is 2.54. The summed E-state index contributed by atoms with van der Waals surface area (Å²) in [6, 6.07) is -0.0376. The van der Waals surface area contributed by atoms with Crippen molar-refractivity contribution in [3.8, 4) is 0 Å². The van der Waals surface area contributed by atoms with Gasteiger partial charge in [-0.15, -0.1) is 0 Å². The van der Waals surface area contributed by atoms with Crippen LogP contribution in [-0.4, -0.2) is 55.0 Å². The Bertz CT molecular complexity index is 427. The van der Waals surface area contributed by atoms with Crippen molar-refractivity contribution < 1.29 is 27.0 Å². The van der Waals surface area contributed by atoms with Gasteiger partial charge in [0, 0.05) is 12.5 Å². The molecule has 124 valence electrons. The summed E-state index contributed by atoms with van der Waals surface area (Å²) in [6.45, 7) is 11.1. The maximum atomic E-state index is 11.3. The van der Waals surface area contributed by atoms with Crippen molar-refractivity contribution in [2.45, 2.75) is 46.1 Å². The third-order valence-electron chi connectivity index (χ3n) is 3.70.